The number of rotatable bonds is 6. The first-order valence-corrected chi connectivity index (χ1v) is 10.4. The topological polar surface area (TPSA) is 75.3 Å². The van der Waals surface area contributed by atoms with E-state index in [1.54, 1.807) is 12.1 Å². The molecule has 5 nitrogen and oxygen atoms in total. The minimum Gasteiger partial charge on any atom is -0.325 e. The summed E-state index contributed by atoms with van der Waals surface area (Å²) in [6.07, 6.45) is 0.783. The van der Waals surface area contributed by atoms with Crippen LogP contribution >= 0.6 is 11.3 Å². The van der Waals surface area contributed by atoms with Gasteiger partial charge in [-0.3, -0.25) is 4.79 Å². The molecule has 2 N–H and O–H groups in total. The van der Waals surface area contributed by atoms with Gasteiger partial charge in [-0.05, 0) is 41.7 Å². The summed E-state index contributed by atoms with van der Waals surface area (Å²) >= 11 is 1.22. The van der Waals surface area contributed by atoms with E-state index in [0.717, 1.165) is 16.9 Å². The van der Waals surface area contributed by atoms with Crippen LogP contribution in [0.3, 0.4) is 0 Å². The summed E-state index contributed by atoms with van der Waals surface area (Å²) in [5.74, 6) is -0.403. The lowest BCUT2D eigenvalue weighted by molar-refractivity contribution is -0.115. The Morgan fingerprint density at radius 2 is 1.72 bits per heavy atom. The molecule has 0 unspecified atom stereocenters. The monoisotopic (exact) mass is 380 g/mol. The number of hydrogen-bond donors (Lipinski definition) is 2. The Morgan fingerprint density at radius 1 is 1.08 bits per heavy atom. The van der Waals surface area contributed by atoms with Crippen LogP contribution in [-0.4, -0.2) is 20.9 Å². The van der Waals surface area contributed by atoms with Crippen LogP contribution in [0.25, 0.3) is 0 Å². The molecule has 0 spiro atoms. The second-order valence-corrected chi connectivity index (χ2v) is 9.94. The summed E-state index contributed by atoms with van der Waals surface area (Å²) in [6.45, 7) is 8.01. The second kappa shape index (κ2) is 7.68. The van der Waals surface area contributed by atoms with Crippen molar-refractivity contribution in [2.45, 2.75) is 43.7 Å². The van der Waals surface area contributed by atoms with Gasteiger partial charge in [0.15, 0.2) is 0 Å². The van der Waals surface area contributed by atoms with Crippen molar-refractivity contribution in [3.05, 3.63) is 46.8 Å². The number of anilines is 1. The number of carbonyl (C=O) groups excluding carboxylic acids is 1. The smallest absolute Gasteiger partial charge is 0.250 e. The van der Waals surface area contributed by atoms with Crippen molar-refractivity contribution < 1.29 is 13.2 Å². The summed E-state index contributed by atoms with van der Waals surface area (Å²) < 4.78 is 27.0. The fourth-order valence-corrected chi connectivity index (χ4v) is 4.51. The Labute approximate surface area is 153 Å². The maximum absolute atomic E-state index is 12.2. The Balaban J connectivity index is 1.94. The van der Waals surface area contributed by atoms with Crippen LogP contribution in [0.1, 0.15) is 38.1 Å². The lowest BCUT2D eigenvalue weighted by Crippen LogP contribution is -2.32. The van der Waals surface area contributed by atoms with E-state index in [4.69, 9.17) is 0 Å². The van der Waals surface area contributed by atoms with Gasteiger partial charge in [-0.1, -0.05) is 39.8 Å². The molecule has 0 saturated carbocycles. The Hall–Kier alpha value is -1.70. The van der Waals surface area contributed by atoms with Gasteiger partial charge in [-0.2, -0.15) is 0 Å². The minimum atomic E-state index is -3.66. The van der Waals surface area contributed by atoms with Crippen LogP contribution in [0.2, 0.25) is 0 Å². The zero-order valence-electron chi connectivity index (χ0n) is 14.9. The largest absolute Gasteiger partial charge is 0.325 e. The predicted octanol–water partition coefficient (Wildman–Crippen LogP) is 3.53. The first-order chi connectivity index (χ1) is 11.6. The molecule has 1 aromatic carbocycles. The summed E-state index contributed by atoms with van der Waals surface area (Å²) in [6, 6.07) is 10.9. The van der Waals surface area contributed by atoms with E-state index in [1.807, 2.05) is 31.2 Å². The van der Waals surface area contributed by atoms with Crippen LogP contribution in [0, 0.1) is 0 Å². The number of benzene rings is 1. The molecule has 7 heteroatoms. The molecular weight excluding hydrogens is 356 g/mol. The fraction of sp³-hybridized carbons (Fsp3) is 0.389. The van der Waals surface area contributed by atoms with Gasteiger partial charge in [-0.25, -0.2) is 13.1 Å². The van der Waals surface area contributed by atoms with E-state index in [9.17, 15) is 13.2 Å². The van der Waals surface area contributed by atoms with Crippen molar-refractivity contribution in [2.24, 2.45) is 0 Å². The lowest BCUT2D eigenvalue weighted by atomic mass is 9.87. The SMILES string of the molecule is CCc1ccc(S(=O)(=O)NCC(=O)Nc2ccc(C(C)(C)C)cc2)s1. The Bertz CT molecular complexity index is 832. The molecule has 0 bridgehead atoms. The Kier molecular flexibility index (Phi) is 6.03. The van der Waals surface area contributed by atoms with Crippen molar-refractivity contribution in [1.82, 2.24) is 4.72 Å². The molecule has 1 heterocycles. The highest BCUT2D eigenvalue weighted by atomic mass is 32.2. The van der Waals surface area contributed by atoms with E-state index >= 15 is 0 Å². The van der Waals surface area contributed by atoms with Gasteiger partial charge in [0, 0.05) is 10.6 Å². The third-order valence-corrected chi connectivity index (χ3v) is 6.83. The summed E-state index contributed by atoms with van der Waals surface area (Å²) in [5, 5.41) is 2.70. The highest BCUT2D eigenvalue weighted by Crippen LogP contribution is 2.23. The number of hydrogen-bond acceptors (Lipinski definition) is 4. The van der Waals surface area contributed by atoms with Crippen molar-refractivity contribution in [3.63, 3.8) is 0 Å². The van der Waals surface area contributed by atoms with E-state index in [0.29, 0.717) is 5.69 Å². The Morgan fingerprint density at radius 3 is 2.24 bits per heavy atom. The second-order valence-electron chi connectivity index (χ2n) is 6.77. The molecule has 0 radical (unpaired) electrons. The van der Waals surface area contributed by atoms with Gasteiger partial charge in [0.2, 0.25) is 5.91 Å². The van der Waals surface area contributed by atoms with Crippen molar-refractivity contribution >= 4 is 33.0 Å². The van der Waals surface area contributed by atoms with Crippen molar-refractivity contribution in [1.29, 1.82) is 0 Å². The molecule has 2 aromatic rings. The standard InChI is InChI=1S/C18H24N2O3S2/c1-5-15-10-11-17(24-15)25(22,23)19-12-16(21)20-14-8-6-13(7-9-14)18(2,3)4/h6-11,19H,5,12H2,1-4H3,(H,20,21). The molecule has 0 aliphatic heterocycles. The van der Waals surface area contributed by atoms with Crippen molar-refractivity contribution in [2.75, 3.05) is 11.9 Å². The normalized spacial score (nSPS) is 12.2. The highest BCUT2D eigenvalue weighted by Gasteiger charge is 2.18. The fourth-order valence-electron chi connectivity index (χ4n) is 2.18. The van der Waals surface area contributed by atoms with Gasteiger partial charge >= 0.3 is 0 Å². The molecule has 0 saturated heterocycles. The first-order valence-electron chi connectivity index (χ1n) is 8.10. The van der Waals surface area contributed by atoms with E-state index in [1.165, 1.54) is 11.3 Å². The number of amides is 1. The third-order valence-electron chi connectivity index (χ3n) is 3.71. The molecule has 2 rings (SSSR count). The molecule has 136 valence electrons. The van der Waals surface area contributed by atoms with Gasteiger partial charge in [0.05, 0.1) is 6.54 Å². The molecule has 0 fully saturated rings. The van der Waals surface area contributed by atoms with Gasteiger partial charge < -0.3 is 5.32 Å². The predicted molar refractivity (Wildman–Crippen MR) is 103 cm³/mol. The van der Waals surface area contributed by atoms with E-state index in [2.05, 4.69) is 30.8 Å². The van der Waals surface area contributed by atoms with Crippen LogP contribution in [-0.2, 0) is 26.7 Å². The molecule has 1 amide bonds. The maximum Gasteiger partial charge on any atom is 0.250 e. The minimum absolute atomic E-state index is 0.0379. The lowest BCUT2D eigenvalue weighted by Gasteiger charge is -2.19. The first kappa shape index (κ1) is 19.6. The van der Waals surface area contributed by atoms with Crippen molar-refractivity contribution in [3.8, 4) is 0 Å². The quantitative estimate of drug-likeness (QED) is 0.805. The molecule has 0 aliphatic carbocycles. The molecule has 25 heavy (non-hydrogen) atoms. The van der Waals surface area contributed by atoms with Gasteiger partial charge in [0.25, 0.3) is 10.0 Å². The van der Waals surface area contributed by atoms with E-state index in [-0.39, 0.29) is 16.2 Å². The third kappa shape index (κ3) is 5.39. The number of nitrogens with one attached hydrogen (secondary N) is 2. The summed E-state index contributed by atoms with van der Waals surface area (Å²) in [4.78, 5) is 13.0. The molecular formula is C18H24N2O3S2. The summed E-state index contributed by atoms with van der Waals surface area (Å²) in [7, 11) is -3.66. The number of sulfonamides is 1. The van der Waals surface area contributed by atoms with Crippen LogP contribution in [0.15, 0.2) is 40.6 Å². The van der Waals surface area contributed by atoms with E-state index < -0.39 is 15.9 Å². The average Bonchev–Trinajstić information content (AvgIpc) is 3.03. The number of thiophene rings is 1. The van der Waals surface area contributed by atoms with Crippen LogP contribution in [0.5, 0.6) is 0 Å². The van der Waals surface area contributed by atoms with Crippen LogP contribution in [0.4, 0.5) is 5.69 Å². The van der Waals surface area contributed by atoms with Crippen LogP contribution < -0.4 is 10.0 Å². The average molecular weight is 381 g/mol. The molecule has 0 atom stereocenters. The number of aryl methyl sites for hydroxylation is 1. The molecule has 1 aromatic heterocycles. The number of carbonyl (C=O) groups is 1. The molecule has 0 aliphatic rings. The maximum atomic E-state index is 12.2. The van der Waals surface area contributed by atoms with Gasteiger partial charge in [0.1, 0.15) is 4.21 Å². The zero-order valence-corrected chi connectivity index (χ0v) is 16.6. The highest BCUT2D eigenvalue weighted by molar-refractivity contribution is 7.91. The zero-order chi connectivity index (χ0) is 18.7. The van der Waals surface area contributed by atoms with Gasteiger partial charge in [-0.15, -0.1) is 11.3 Å². The summed E-state index contributed by atoms with van der Waals surface area (Å²) in [5.41, 5.74) is 1.84.